The Morgan fingerprint density at radius 1 is 0.958 bits per heavy atom. The average Bonchev–Trinajstić information content (AvgIpc) is 2.64. The molecule has 24 heavy (non-hydrogen) atoms. The van der Waals surface area contributed by atoms with Crippen LogP contribution >= 0.6 is 0 Å². The van der Waals surface area contributed by atoms with Gasteiger partial charge in [-0.3, -0.25) is 4.79 Å². The molecule has 1 amide bonds. The fourth-order valence-electron chi connectivity index (χ4n) is 2.23. The molecule has 128 valence electrons. The molecule has 0 fully saturated rings. The number of methoxy groups -OCH3 is 2. The summed E-state index contributed by atoms with van der Waals surface area (Å²) in [7, 11) is 3.22. The Hall–Kier alpha value is -2.69. The molecule has 0 radical (unpaired) electrons. The lowest BCUT2D eigenvalue weighted by molar-refractivity contribution is -0.121. The first kappa shape index (κ1) is 17.7. The van der Waals surface area contributed by atoms with Gasteiger partial charge in [0.05, 0.1) is 20.8 Å². The summed E-state index contributed by atoms with van der Waals surface area (Å²) in [6.07, 6.45) is 1.03. The number of hydrogen-bond donors (Lipinski definition) is 1. The van der Waals surface area contributed by atoms with Gasteiger partial charge in [0.1, 0.15) is 23.9 Å². The second kappa shape index (κ2) is 9.45. The topological polar surface area (TPSA) is 56.8 Å². The summed E-state index contributed by atoms with van der Waals surface area (Å²) in [6.45, 7) is 0.928. The summed E-state index contributed by atoms with van der Waals surface area (Å²) in [6, 6.07) is 15.2. The van der Waals surface area contributed by atoms with Gasteiger partial charge in [-0.15, -0.1) is 0 Å². The van der Waals surface area contributed by atoms with E-state index in [9.17, 15) is 4.79 Å². The number of carbonyl (C=O) groups excluding carboxylic acids is 1. The van der Waals surface area contributed by atoms with Gasteiger partial charge in [0.15, 0.2) is 0 Å². The molecule has 0 unspecified atom stereocenters. The highest BCUT2D eigenvalue weighted by Gasteiger charge is 2.05. The smallest absolute Gasteiger partial charge is 0.220 e. The van der Waals surface area contributed by atoms with Crippen molar-refractivity contribution in [1.29, 1.82) is 0 Å². The molecule has 0 aliphatic rings. The zero-order valence-electron chi connectivity index (χ0n) is 14.1. The third kappa shape index (κ3) is 5.83. The largest absolute Gasteiger partial charge is 0.497 e. The van der Waals surface area contributed by atoms with E-state index in [1.54, 1.807) is 14.2 Å². The van der Waals surface area contributed by atoms with Crippen LogP contribution in [0.3, 0.4) is 0 Å². The Labute approximate surface area is 142 Å². The molecule has 0 spiro atoms. The Kier molecular flexibility index (Phi) is 6.95. The van der Waals surface area contributed by atoms with Gasteiger partial charge >= 0.3 is 0 Å². The van der Waals surface area contributed by atoms with Gasteiger partial charge in [-0.1, -0.05) is 18.2 Å². The van der Waals surface area contributed by atoms with E-state index in [1.165, 1.54) is 0 Å². The van der Waals surface area contributed by atoms with E-state index in [1.807, 2.05) is 48.5 Å². The third-order valence-corrected chi connectivity index (χ3v) is 3.49. The lowest BCUT2D eigenvalue weighted by atomic mass is 10.1. The van der Waals surface area contributed by atoms with Crippen LogP contribution in [0.15, 0.2) is 48.5 Å². The number of amides is 1. The maximum atomic E-state index is 11.9. The van der Waals surface area contributed by atoms with Crippen molar-refractivity contribution in [3.63, 3.8) is 0 Å². The predicted molar refractivity (Wildman–Crippen MR) is 92.8 cm³/mol. The minimum atomic E-state index is -0.00607. The van der Waals surface area contributed by atoms with Crippen molar-refractivity contribution in [1.82, 2.24) is 5.32 Å². The molecule has 0 atom stereocenters. The van der Waals surface area contributed by atoms with E-state index in [-0.39, 0.29) is 5.91 Å². The summed E-state index contributed by atoms with van der Waals surface area (Å²) >= 11 is 0. The van der Waals surface area contributed by atoms with Crippen LogP contribution in [-0.2, 0) is 11.2 Å². The number of rotatable bonds is 9. The van der Waals surface area contributed by atoms with Gasteiger partial charge in [-0.05, 0) is 36.2 Å². The van der Waals surface area contributed by atoms with Crippen LogP contribution in [0.25, 0.3) is 0 Å². The van der Waals surface area contributed by atoms with Crippen LogP contribution in [0.2, 0.25) is 0 Å². The number of carbonyl (C=O) groups is 1. The lowest BCUT2D eigenvalue weighted by Gasteiger charge is -2.09. The van der Waals surface area contributed by atoms with Gasteiger partial charge in [-0.25, -0.2) is 0 Å². The maximum absolute atomic E-state index is 11.9. The maximum Gasteiger partial charge on any atom is 0.220 e. The van der Waals surface area contributed by atoms with Gasteiger partial charge in [0, 0.05) is 12.5 Å². The van der Waals surface area contributed by atoms with E-state index in [0.717, 1.165) is 22.8 Å². The molecule has 2 aromatic rings. The van der Waals surface area contributed by atoms with Crippen LogP contribution in [0.4, 0.5) is 0 Å². The minimum absolute atomic E-state index is 0.00607. The Morgan fingerprint density at radius 3 is 2.25 bits per heavy atom. The molecule has 0 saturated heterocycles. The van der Waals surface area contributed by atoms with Crippen molar-refractivity contribution in [3.05, 3.63) is 54.1 Å². The van der Waals surface area contributed by atoms with Crippen molar-refractivity contribution in [2.24, 2.45) is 0 Å². The number of aryl methyl sites for hydroxylation is 1. The summed E-state index contributed by atoms with van der Waals surface area (Å²) in [5, 5.41) is 2.85. The second-order valence-corrected chi connectivity index (χ2v) is 5.23. The minimum Gasteiger partial charge on any atom is -0.497 e. The summed E-state index contributed by atoms with van der Waals surface area (Å²) < 4.78 is 16.0. The van der Waals surface area contributed by atoms with E-state index < -0.39 is 0 Å². The Bertz CT molecular complexity index is 621. The van der Waals surface area contributed by atoms with Gasteiger partial charge in [0.25, 0.3) is 0 Å². The fourth-order valence-corrected chi connectivity index (χ4v) is 2.23. The van der Waals surface area contributed by atoms with Crippen molar-refractivity contribution in [2.45, 2.75) is 12.8 Å². The third-order valence-electron chi connectivity index (χ3n) is 3.49. The number of benzene rings is 2. The van der Waals surface area contributed by atoms with Gasteiger partial charge < -0.3 is 19.5 Å². The van der Waals surface area contributed by atoms with Crippen LogP contribution < -0.4 is 19.5 Å². The molecule has 5 nitrogen and oxygen atoms in total. The standard InChI is InChI=1S/C19H23NO4/c1-22-17-12-15(13-18(14-17)23-2)8-9-19(21)20-10-11-24-16-6-4-3-5-7-16/h3-7,12-14H,8-11H2,1-2H3,(H,20,21). The Morgan fingerprint density at radius 2 is 1.62 bits per heavy atom. The normalized spacial score (nSPS) is 10.1. The number of ether oxygens (including phenoxy) is 3. The molecule has 0 aliphatic heterocycles. The zero-order valence-corrected chi connectivity index (χ0v) is 14.1. The van der Waals surface area contributed by atoms with E-state index in [2.05, 4.69) is 5.32 Å². The predicted octanol–water partition coefficient (Wildman–Crippen LogP) is 2.83. The van der Waals surface area contributed by atoms with E-state index in [4.69, 9.17) is 14.2 Å². The lowest BCUT2D eigenvalue weighted by Crippen LogP contribution is -2.28. The van der Waals surface area contributed by atoms with Crippen molar-refractivity contribution in [3.8, 4) is 17.2 Å². The number of nitrogens with one attached hydrogen (secondary N) is 1. The first-order chi connectivity index (χ1) is 11.7. The molecule has 0 saturated carbocycles. The number of para-hydroxylation sites is 1. The first-order valence-corrected chi connectivity index (χ1v) is 7.88. The molecular formula is C19H23NO4. The van der Waals surface area contributed by atoms with Gasteiger partial charge in [0.2, 0.25) is 5.91 Å². The van der Waals surface area contributed by atoms with E-state index >= 15 is 0 Å². The van der Waals surface area contributed by atoms with Crippen LogP contribution in [-0.4, -0.2) is 33.3 Å². The molecule has 0 heterocycles. The van der Waals surface area contributed by atoms with Crippen LogP contribution in [0.1, 0.15) is 12.0 Å². The quantitative estimate of drug-likeness (QED) is 0.719. The van der Waals surface area contributed by atoms with Crippen molar-refractivity contribution >= 4 is 5.91 Å². The van der Waals surface area contributed by atoms with E-state index in [0.29, 0.717) is 26.0 Å². The highest BCUT2D eigenvalue weighted by Crippen LogP contribution is 2.23. The average molecular weight is 329 g/mol. The summed E-state index contributed by atoms with van der Waals surface area (Å²) in [5.74, 6) is 2.24. The Balaban J connectivity index is 1.71. The highest BCUT2D eigenvalue weighted by molar-refractivity contribution is 5.76. The SMILES string of the molecule is COc1cc(CCC(=O)NCCOc2ccccc2)cc(OC)c1. The molecule has 0 aromatic heterocycles. The zero-order chi connectivity index (χ0) is 17.2. The van der Waals surface area contributed by atoms with Crippen molar-refractivity contribution in [2.75, 3.05) is 27.4 Å². The molecule has 2 rings (SSSR count). The molecule has 0 aliphatic carbocycles. The molecule has 0 bridgehead atoms. The molecular weight excluding hydrogens is 306 g/mol. The fraction of sp³-hybridized carbons (Fsp3) is 0.316. The summed E-state index contributed by atoms with van der Waals surface area (Å²) in [5.41, 5.74) is 1.00. The summed E-state index contributed by atoms with van der Waals surface area (Å²) in [4.78, 5) is 11.9. The van der Waals surface area contributed by atoms with Crippen molar-refractivity contribution < 1.29 is 19.0 Å². The van der Waals surface area contributed by atoms with Crippen LogP contribution in [0.5, 0.6) is 17.2 Å². The second-order valence-electron chi connectivity index (χ2n) is 5.23. The van der Waals surface area contributed by atoms with Gasteiger partial charge in [-0.2, -0.15) is 0 Å². The first-order valence-electron chi connectivity index (χ1n) is 7.88. The molecule has 5 heteroatoms. The molecule has 2 aromatic carbocycles. The highest BCUT2D eigenvalue weighted by atomic mass is 16.5. The molecule has 1 N–H and O–H groups in total. The monoisotopic (exact) mass is 329 g/mol. The van der Waals surface area contributed by atoms with Crippen LogP contribution in [0, 0.1) is 0 Å². The number of hydrogen-bond acceptors (Lipinski definition) is 4.